The van der Waals surface area contributed by atoms with Crippen molar-refractivity contribution in [1.29, 1.82) is 0 Å². The van der Waals surface area contributed by atoms with Crippen molar-refractivity contribution < 1.29 is 54.9 Å². The van der Waals surface area contributed by atoms with Crippen LogP contribution in [-0.2, 0) is 26.1 Å². The molecule has 2 saturated heterocycles. The first-order valence-corrected chi connectivity index (χ1v) is 14.8. The maximum absolute atomic E-state index is 14.5. The van der Waals surface area contributed by atoms with Crippen LogP contribution in [0.4, 0.5) is 27.6 Å². The lowest BCUT2D eigenvalue weighted by Gasteiger charge is -2.47. The molecule has 44 heavy (non-hydrogen) atoms. The molecule has 15 heteroatoms. The molecule has 0 aliphatic carbocycles. The molecule has 9 nitrogen and oxygen atoms in total. The molecule has 2 aliphatic rings. The molecule has 2 N–H and O–H groups in total. The number of amides is 1. The quantitative estimate of drug-likeness (QED) is 0.214. The van der Waals surface area contributed by atoms with Crippen LogP contribution in [0.3, 0.4) is 0 Å². The van der Waals surface area contributed by atoms with Gasteiger partial charge < -0.3 is 19.8 Å². The Balaban J connectivity index is 1.50. The summed E-state index contributed by atoms with van der Waals surface area (Å²) >= 11 is 0. The second kappa shape index (κ2) is 11.9. The third kappa shape index (κ3) is 5.44. The van der Waals surface area contributed by atoms with Crippen molar-refractivity contribution in [1.82, 2.24) is 4.31 Å². The molecule has 3 aromatic carbocycles. The van der Waals surface area contributed by atoms with Crippen molar-refractivity contribution in [3.05, 3.63) is 94.3 Å². The Hall–Kier alpha value is -3.92. The minimum Gasteiger partial charge on any atom is -0.478 e. The van der Waals surface area contributed by atoms with Crippen molar-refractivity contribution in [2.75, 3.05) is 24.7 Å². The molecule has 0 spiro atoms. The lowest BCUT2D eigenvalue weighted by atomic mass is 9.91. The third-order valence-electron chi connectivity index (χ3n) is 7.82. The summed E-state index contributed by atoms with van der Waals surface area (Å²) in [4.78, 5) is 24.0. The molecule has 0 bridgehead atoms. The Labute approximate surface area is 248 Å². The molecule has 1 atom stereocenters. The third-order valence-corrected chi connectivity index (χ3v) is 9.76. The highest BCUT2D eigenvalue weighted by Crippen LogP contribution is 2.40. The van der Waals surface area contributed by atoms with Crippen LogP contribution in [0.2, 0.25) is 0 Å². The number of carboxylic acids is 1. The zero-order chi connectivity index (χ0) is 32.0. The topological polar surface area (TPSA) is 124 Å². The Kier molecular flexibility index (Phi) is 8.50. The van der Waals surface area contributed by atoms with Crippen LogP contribution in [0.15, 0.2) is 53.4 Å². The fourth-order valence-electron chi connectivity index (χ4n) is 5.26. The number of hydrogen-bond acceptors (Lipinski definition) is 6. The fourth-order valence-corrected chi connectivity index (χ4v) is 7.01. The lowest BCUT2D eigenvalue weighted by Crippen LogP contribution is -2.69. The van der Waals surface area contributed by atoms with E-state index in [4.69, 9.17) is 4.74 Å². The standard InChI is InChI=1S/C29H25F5N2O7S/c30-21-22(31)24(33)26(25(34)23(21)32)44(41,42)36-12-11-29(36,40)28(39)35(20-7-5-19(6-8-20)27(37)38)15-16-1-3-17(4-2-16)18-9-13-43-14-10-18/h1-8,18,40H,9-15H2,(H,37,38)/t29-/m1/s1. The van der Waals surface area contributed by atoms with Crippen LogP contribution in [0, 0.1) is 29.1 Å². The van der Waals surface area contributed by atoms with Gasteiger partial charge in [-0.15, -0.1) is 0 Å². The van der Waals surface area contributed by atoms with Crippen LogP contribution < -0.4 is 4.90 Å². The van der Waals surface area contributed by atoms with Gasteiger partial charge in [0.1, 0.15) is 0 Å². The van der Waals surface area contributed by atoms with Crippen LogP contribution in [0.25, 0.3) is 0 Å². The Morgan fingerprint density at radius 2 is 1.43 bits per heavy atom. The molecule has 0 unspecified atom stereocenters. The van der Waals surface area contributed by atoms with Crippen molar-refractivity contribution in [2.24, 2.45) is 0 Å². The normalized spacial score (nSPS) is 19.4. The number of carboxylic acid groups (broad SMARTS) is 1. The number of rotatable bonds is 8. The molecule has 3 aromatic rings. The summed E-state index contributed by atoms with van der Waals surface area (Å²) in [6, 6.07) is 11.9. The van der Waals surface area contributed by atoms with Crippen molar-refractivity contribution in [2.45, 2.75) is 42.3 Å². The lowest BCUT2D eigenvalue weighted by molar-refractivity contribution is -0.169. The minimum absolute atomic E-state index is 0.0300. The molecule has 2 fully saturated rings. The number of aromatic carboxylic acids is 1. The highest BCUT2D eigenvalue weighted by atomic mass is 32.2. The van der Waals surface area contributed by atoms with Crippen LogP contribution in [0.5, 0.6) is 0 Å². The predicted octanol–water partition coefficient (Wildman–Crippen LogP) is 4.29. The van der Waals surface area contributed by atoms with Gasteiger partial charge in [0.2, 0.25) is 11.5 Å². The summed E-state index contributed by atoms with van der Waals surface area (Å²) in [5.74, 6) is -15.2. The Bertz CT molecular complexity index is 1690. The molecule has 1 amide bonds. The summed E-state index contributed by atoms with van der Waals surface area (Å²) < 4.78 is 102. The van der Waals surface area contributed by atoms with Crippen LogP contribution in [0.1, 0.15) is 46.7 Å². The predicted molar refractivity (Wildman–Crippen MR) is 144 cm³/mol. The summed E-state index contributed by atoms with van der Waals surface area (Å²) in [5, 5.41) is 20.6. The number of sulfonamides is 1. The summed E-state index contributed by atoms with van der Waals surface area (Å²) in [6.07, 6.45) is 1.06. The van der Waals surface area contributed by atoms with Crippen molar-refractivity contribution in [3.63, 3.8) is 0 Å². The summed E-state index contributed by atoms with van der Waals surface area (Å²) in [7, 11) is -5.65. The zero-order valence-corrected chi connectivity index (χ0v) is 23.6. The monoisotopic (exact) mass is 640 g/mol. The molecule has 234 valence electrons. The van der Waals surface area contributed by atoms with Gasteiger partial charge in [-0.25, -0.2) is 35.2 Å². The first-order chi connectivity index (χ1) is 20.8. The Morgan fingerprint density at radius 3 is 1.93 bits per heavy atom. The number of halogens is 5. The maximum Gasteiger partial charge on any atom is 0.335 e. The van der Waals surface area contributed by atoms with Gasteiger partial charge in [-0.05, 0) is 54.2 Å². The summed E-state index contributed by atoms with van der Waals surface area (Å²) in [5.41, 5.74) is -1.54. The van der Waals surface area contributed by atoms with Gasteiger partial charge in [-0.1, -0.05) is 24.3 Å². The van der Waals surface area contributed by atoms with E-state index >= 15 is 0 Å². The maximum atomic E-state index is 14.5. The second-order valence-electron chi connectivity index (χ2n) is 10.4. The largest absolute Gasteiger partial charge is 0.478 e. The van der Waals surface area contributed by atoms with Gasteiger partial charge in [-0.2, -0.15) is 4.31 Å². The molecular weight excluding hydrogens is 615 g/mol. The molecule has 0 saturated carbocycles. The molecule has 0 aromatic heterocycles. The number of benzene rings is 3. The Morgan fingerprint density at radius 1 is 0.886 bits per heavy atom. The van der Waals surface area contributed by atoms with Gasteiger partial charge >= 0.3 is 5.97 Å². The average Bonchev–Trinajstić information content (AvgIpc) is 3.01. The van der Waals surface area contributed by atoms with Crippen LogP contribution >= 0.6 is 0 Å². The number of carbonyl (C=O) groups excluding carboxylic acids is 1. The van der Waals surface area contributed by atoms with Gasteiger partial charge in [0.25, 0.3) is 15.9 Å². The number of aliphatic hydroxyl groups is 1. The van der Waals surface area contributed by atoms with E-state index in [0.29, 0.717) is 18.8 Å². The average molecular weight is 641 g/mol. The molecule has 0 radical (unpaired) electrons. The van der Waals surface area contributed by atoms with E-state index in [9.17, 15) is 50.2 Å². The fraction of sp³-hybridized carbons (Fsp3) is 0.310. The number of hydrogen-bond donors (Lipinski definition) is 2. The smallest absolute Gasteiger partial charge is 0.335 e. The second-order valence-corrected chi connectivity index (χ2v) is 12.2. The first-order valence-electron chi connectivity index (χ1n) is 13.4. The molecular formula is C29H25F5N2O7S. The van der Waals surface area contributed by atoms with E-state index in [1.807, 2.05) is 12.1 Å². The number of carbonyl (C=O) groups is 2. The van der Waals surface area contributed by atoms with E-state index in [-0.39, 0.29) is 28.0 Å². The molecule has 5 rings (SSSR count). The van der Waals surface area contributed by atoms with E-state index < -0.39 is 74.6 Å². The van der Waals surface area contributed by atoms with Gasteiger partial charge in [0, 0.05) is 31.9 Å². The van der Waals surface area contributed by atoms with E-state index in [0.717, 1.165) is 23.3 Å². The number of ether oxygens (including phenoxy) is 1. The highest BCUT2D eigenvalue weighted by Gasteiger charge is 2.58. The van der Waals surface area contributed by atoms with Gasteiger partial charge in [0.05, 0.1) is 12.1 Å². The van der Waals surface area contributed by atoms with E-state index in [1.54, 1.807) is 12.1 Å². The first kappa shape index (κ1) is 31.5. The SMILES string of the molecule is O=C(O)c1ccc(N(Cc2ccc(C3CCOCC3)cc2)C(=O)[C@]2(O)CCN2S(=O)(=O)c2c(F)c(F)c(F)c(F)c2F)cc1. The van der Waals surface area contributed by atoms with Gasteiger partial charge in [0.15, 0.2) is 28.2 Å². The van der Waals surface area contributed by atoms with Crippen molar-refractivity contribution in [3.8, 4) is 0 Å². The van der Waals surface area contributed by atoms with Gasteiger partial charge in [-0.3, -0.25) is 4.79 Å². The summed E-state index contributed by atoms with van der Waals surface area (Å²) in [6.45, 7) is 0.280. The molecule has 2 heterocycles. The van der Waals surface area contributed by atoms with Crippen LogP contribution in [-0.4, -0.2) is 60.3 Å². The van der Waals surface area contributed by atoms with E-state index in [2.05, 4.69) is 0 Å². The number of nitrogens with zero attached hydrogens (tertiary/aromatic N) is 2. The highest BCUT2D eigenvalue weighted by molar-refractivity contribution is 7.89. The minimum atomic E-state index is -5.65. The van der Waals surface area contributed by atoms with Crippen molar-refractivity contribution >= 4 is 27.6 Å². The number of anilines is 1. The zero-order valence-electron chi connectivity index (χ0n) is 22.8. The molecule has 2 aliphatic heterocycles. The van der Waals surface area contributed by atoms with E-state index in [1.165, 1.54) is 24.3 Å².